The Morgan fingerprint density at radius 3 is 2.41 bits per heavy atom. The lowest BCUT2D eigenvalue weighted by Crippen LogP contribution is -2.28. The van der Waals surface area contributed by atoms with Crippen LogP contribution in [0.1, 0.15) is 25.5 Å². The predicted octanol–water partition coefficient (Wildman–Crippen LogP) is 1.57. The molecule has 4 nitrogen and oxygen atoms in total. The largest absolute Gasteiger partial charge is 0.496 e. The Hall–Kier alpha value is -1.26. The molecule has 17 heavy (non-hydrogen) atoms. The number of methoxy groups -OCH3 is 1. The molecule has 1 rings (SSSR count). The average Bonchev–Trinajstić information content (AvgIpc) is 2.26. The Labute approximate surface area is 102 Å². The second kappa shape index (κ2) is 5.89. The van der Waals surface area contributed by atoms with Crippen molar-refractivity contribution in [1.82, 2.24) is 0 Å². The van der Waals surface area contributed by atoms with Crippen LogP contribution in [0.5, 0.6) is 5.75 Å². The molecule has 1 aromatic carbocycles. The van der Waals surface area contributed by atoms with Crippen molar-refractivity contribution in [3.63, 3.8) is 0 Å². The summed E-state index contributed by atoms with van der Waals surface area (Å²) in [7, 11) is 3.47. The normalized spacial score (nSPS) is 14.2. The number of hydrogen-bond acceptors (Lipinski definition) is 4. The lowest BCUT2D eigenvalue weighted by Gasteiger charge is -2.26. The van der Waals surface area contributed by atoms with Gasteiger partial charge < -0.3 is 19.8 Å². The van der Waals surface area contributed by atoms with Crippen LogP contribution in [-0.4, -0.2) is 37.0 Å². The standard InChI is InChI=1S/C13H21NO3/c1-9(15)8-14(3)11-6-5-7-12(17-4)13(11)10(2)16/h5-7,9-10,15-16H,8H2,1-4H3/t9?,10-/m1/s1. The maximum Gasteiger partial charge on any atom is 0.126 e. The molecule has 0 aliphatic rings. The molecule has 0 saturated carbocycles. The highest BCUT2D eigenvalue weighted by molar-refractivity contribution is 5.60. The van der Waals surface area contributed by atoms with E-state index >= 15 is 0 Å². The molecule has 2 N–H and O–H groups in total. The summed E-state index contributed by atoms with van der Waals surface area (Å²) < 4.78 is 5.25. The summed E-state index contributed by atoms with van der Waals surface area (Å²) in [5, 5.41) is 19.2. The van der Waals surface area contributed by atoms with Crippen molar-refractivity contribution in [2.24, 2.45) is 0 Å². The van der Waals surface area contributed by atoms with Crippen LogP contribution in [0.15, 0.2) is 18.2 Å². The van der Waals surface area contributed by atoms with Gasteiger partial charge in [-0.15, -0.1) is 0 Å². The van der Waals surface area contributed by atoms with Gasteiger partial charge in [0.05, 0.1) is 19.3 Å². The van der Waals surface area contributed by atoms with Gasteiger partial charge in [0.15, 0.2) is 0 Å². The second-order valence-electron chi connectivity index (χ2n) is 4.30. The number of likely N-dealkylation sites (N-methyl/N-ethyl adjacent to an activating group) is 1. The maximum absolute atomic E-state index is 9.83. The Morgan fingerprint density at radius 1 is 1.29 bits per heavy atom. The quantitative estimate of drug-likeness (QED) is 0.819. The van der Waals surface area contributed by atoms with E-state index in [0.717, 1.165) is 11.3 Å². The van der Waals surface area contributed by atoms with Crippen LogP contribution in [0.4, 0.5) is 5.69 Å². The van der Waals surface area contributed by atoms with E-state index in [2.05, 4.69) is 0 Å². The topological polar surface area (TPSA) is 52.9 Å². The summed E-state index contributed by atoms with van der Waals surface area (Å²) in [6, 6.07) is 5.60. The molecule has 1 unspecified atom stereocenters. The van der Waals surface area contributed by atoms with E-state index in [1.807, 2.05) is 30.1 Å². The zero-order chi connectivity index (χ0) is 13.0. The molecular formula is C13H21NO3. The molecule has 0 amide bonds. The molecule has 1 aromatic rings. The van der Waals surface area contributed by atoms with E-state index in [4.69, 9.17) is 4.74 Å². The third-order valence-corrected chi connectivity index (χ3v) is 2.63. The first-order valence-corrected chi connectivity index (χ1v) is 5.71. The number of ether oxygens (including phenoxy) is 1. The number of hydrogen-bond donors (Lipinski definition) is 2. The van der Waals surface area contributed by atoms with Gasteiger partial charge >= 0.3 is 0 Å². The summed E-state index contributed by atoms with van der Waals surface area (Å²) in [6.45, 7) is 3.95. The van der Waals surface area contributed by atoms with Crippen molar-refractivity contribution in [3.8, 4) is 5.75 Å². The third-order valence-electron chi connectivity index (χ3n) is 2.63. The number of anilines is 1. The number of aliphatic hydroxyl groups excluding tert-OH is 2. The van der Waals surface area contributed by atoms with Gasteiger partial charge in [-0.1, -0.05) is 6.07 Å². The maximum atomic E-state index is 9.83. The van der Waals surface area contributed by atoms with Gasteiger partial charge in [0.1, 0.15) is 5.75 Å². The lowest BCUT2D eigenvalue weighted by molar-refractivity contribution is 0.191. The van der Waals surface area contributed by atoms with Crippen molar-refractivity contribution in [1.29, 1.82) is 0 Å². The van der Waals surface area contributed by atoms with Crippen LogP contribution in [0.3, 0.4) is 0 Å². The molecule has 0 saturated heterocycles. The fraction of sp³-hybridized carbons (Fsp3) is 0.538. The molecule has 0 radical (unpaired) electrons. The zero-order valence-electron chi connectivity index (χ0n) is 10.8. The Kier molecular flexibility index (Phi) is 4.78. The van der Waals surface area contributed by atoms with Gasteiger partial charge in [-0.2, -0.15) is 0 Å². The molecule has 96 valence electrons. The molecule has 0 aromatic heterocycles. The van der Waals surface area contributed by atoms with Gasteiger partial charge in [0, 0.05) is 24.8 Å². The summed E-state index contributed by atoms with van der Waals surface area (Å²) in [5.74, 6) is 0.662. The van der Waals surface area contributed by atoms with Gasteiger partial charge in [-0.3, -0.25) is 0 Å². The number of rotatable bonds is 5. The molecule has 2 atom stereocenters. The SMILES string of the molecule is COc1cccc(N(C)CC(C)O)c1[C@@H](C)O. The van der Waals surface area contributed by atoms with Crippen molar-refractivity contribution < 1.29 is 14.9 Å². The number of benzene rings is 1. The molecule has 0 aliphatic carbocycles. The fourth-order valence-corrected chi connectivity index (χ4v) is 1.96. The van der Waals surface area contributed by atoms with Crippen molar-refractivity contribution in [2.45, 2.75) is 26.1 Å². The summed E-state index contributed by atoms with van der Waals surface area (Å²) in [4.78, 5) is 1.91. The van der Waals surface area contributed by atoms with E-state index in [1.54, 1.807) is 21.0 Å². The van der Waals surface area contributed by atoms with Gasteiger partial charge in [0.25, 0.3) is 0 Å². The first kappa shape index (κ1) is 13.8. The van der Waals surface area contributed by atoms with Crippen molar-refractivity contribution >= 4 is 5.69 Å². The van der Waals surface area contributed by atoms with Gasteiger partial charge in [-0.25, -0.2) is 0 Å². The van der Waals surface area contributed by atoms with Crippen LogP contribution >= 0.6 is 0 Å². The molecule has 0 heterocycles. The number of aliphatic hydroxyl groups is 2. The van der Waals surface area contributed by atoms with Crippen LogP contribution in [0.2, 0.25) is 0 Å². The third kappa shape index (κ3) is 3.35. The van der Waals surface area contributed by atoms with Crippen LogP contribution < -0.4 is 9.64 Å². The summed E-state index contributed by atoms with van der Waals surface area (Å²) >= 11 is 0. The van der Waals surface area contributed by atoms with Gasteiger partial charge in [-0.05, 0) is 26.0 Å². The molecule has 0 spiro atoms. The first-order valence-electron chi connectivity index (χ1n) is 5.71. The van der Waals surface area contributed by atoms with Crippen molar-refractivity contribution in [3.05, 3.63) is 23.8 Å². The minimum absolute atomic E-state index is 0.423. The first-order chi connectivity index (χ1) is 7.97. The fourth-order valence-electron chi connectivity index (χ4n) is 1.96. The average molecular weight is 239 g/mol. The predicted molar refractivity (Wildman–Crippen MR) is 68.6 cm³/mol. The summed E-state index contributed by atoms with van der Waals surface area (Å²) in [6.07, 6.45) is -1.04. The van der Waals surface area contributed by atoms with Crippen LogP contribution in [0, 0.1) is 0 Å². The Morgan fingerprint density at radius 2 is 1.94 bits per heavy atom. The smallest absolute Gasteiger partial charge is 0.126 e. The molecule has 0 bridgehead atoms. The molecule has 4 heteroatoms. The highest BCUT2D eigenvalue weighted by Crippen LogP contribution is 2.34. The van der Waals surface area contributed by atoms with E-state index < -0.39 is 12.2 Å². The second-order valence-corrected chi connectivity index (χ2v) is 4.30. The summed E-state index contributed by atoms with van der Waals surface area (Å²) in [5.41, 5.74) is 1.62. The minimum Gasteiger partial charge on any atom is -0.496 e. The Balaban J connectivity index is 3.13. The van der Waals surface area contributed by atoms with Crippen LogP contribution in [0.25, 0.3) is 0 Å². The van der Waals surface area contributed by atoms with E-state index in [1.165, 1.54) is 0 Å². The van der Waals surface area contributed by atoms with E-state index in [9.17, 15) is 10.2 Å². The lowest BCUT2D eigenvalue weighted by atomic mass is 10.1. The monoisotopic (exact) mass is 239 g/mol. The van der Waals surface area contributed by atoms with Crippen LogP contribution in [-0.2, 0) is 0 Å². The van der Waals surface area contributed by atoms with E-state index in [-0.39, 0.29) is 0 Å². The molecule has 0 aliphatic heterocycles. The molecule has 0 fully saturated rings. The number of nitrogens with zero attached hydrogens (tertiary/aromatic N) is 1. The minimum atomic E-state index is -0.613. The Bertz CT molecular complexity index is 364. The zero-order valence-corrected chi connectivity index (χ0v) is 10.8. The molecular weight excluding hydrogens is 218 g/mol. The highest BCUT2D eigenvalue weighted by Gasteiger charge is 2.17. The highest BCUT2D eigenvalue weighted by atomic mass is 16.5. The van der Waals surface area contributed by atoms with Gasteiger partial charge in [0.2, 0.25) is 0 Å². The van der Waals surface area contributed by atoms with Crippen molar-refractivity contribution in [2.75, 3.05) is 25.6 Å². The van der Waals surface area contributed by atoms with E-state index in [0.29, 0.717) is 12.3 Å².